The van der Waals surface area contributed by atoms with Crippen LogP contribution in [0.3, 0.4) is 0 Å². The summed E-state index contributed by atoms with van der Waals surface area (Å²) < 4.78 is 11.4. The zero-order valence-corrected chi connectivity index (χ0v) is 17.2. The predicted octanol–water partition coefficient (Wildman–Crippen LogP) is 2.03. The monoisotopic (exact) mass is 422 g/mol. The van der Waals surface area contributed by atoms with E-state index in [9.17, 15) is 15.0 Å². The summed E-state index contributed by atoms with van der Waals surface area (Å²) in [5, 5.41) is 28.5. The Morgan fingerprint density at radius 1 is 1.03 bits per heavy atom. The molecule has 0 radical (unpaired) electrons. The van der Waals surface area contributed by atoms with E-state index >= 15 is 0 Å². The number of carbonyl (C=O) groups is 1. The number of allylic oxidation sites excluding steroid dienone is 2. The number of rotatable bonds is 5. The molecule has 0 aromatic heterocycles. The third-order valence-electron chi connectivity index (χ3n) is 6.91. The van der Waals surface area contributed by atoms with E-state index in [4.69, 9.17) is 14.6 Å². The lowest BCUT2D eigenvalue weighted by atomic mass is 9.62. The van der Waals surface area contributed by atoms with Gasteiger partial charge in [-0.05, 0) is 59.7 Å². The van der Waals surface area contributed by atoms with Gasteiger partial charge in [-0.25, -0.2) is 0 Å². The molecule has 162 valence electrons. The van der Waals surface area contributed by atoms with Gasteiger partial charge < -0.3 is 24.8 Å². The zero-order chi connectivity index (χ0) is 21.6. The Morgan fingerprint density at radius 2 is 1.81 bits per heavy atom. The molecule has 2 aromatic carbocycles. The third-order valence-corrected chi connectivity index (χ3v) is 6.91. The van der Waals surface area contributed by atoms with Crippen LogP contribution in [0.15, 0.2) is 48.0 Å². The second kappa shape index (κ2) is 7.88. The van der Waals surface area contributed by atoms with Gasteiger partial charge in [-0.1, -0.05) is 24.3 Å². The molecule has 1 heterocycles. The lowest BCUT2D eigenvalue weighted by molar-refractivity contribution is -0.0339. The smallest absolute Gasteiger partial charge is 0.193 e. The molecular formula is C25H26O6. The maximum absolute atomic E-state index is 13.6. The Bertz CT molecular complexity index is 1050. The first-order valence-electron chi connectivity index (χ1n) is 10.7. The van der Waals surface area contributed by atoms with E-state index in [1.165, 1.54) is 11.1 Å². The van der Waals surface area contributed by atoms with E-state index in [2.05, 4.69) is 6.07 Å². The molecule has 1 aliphatic heterocycles. The fraction of sp³-hybridized carbons (Fsp3) is 0.400. The lowest BCUT2D eigenvalue weighted by Gasteiger charge is -2.43. The van der Waals surface area contributed by atoms with Gasteiger partial charge in [0.05, 0.1) is 6.61 Å². The molecule has 2 aliphatic carbocycles. The summed E-state index contributed by atoms with van der Waals surface area (Å²) in [6, 6.07) is 13.6. The first kappa shape index (κ1) is 20.4. The van der Waals surface area contributed by atoms with Crippen molar-refractivity contribution >= 4 is 11.4 Å². The van der Waals surface area contributed by atoms with Gasteiger partial charge in [-0.15, -0.1) is 0 Å². The molecule has 1 saturated heterocycles. The van der Waals surface area contributed by atoms with Crippen molar-refractivity contribution in [3.05, 3.63) is 70.3 Å². The Morgan fingerprint density at radius 3 is 2.58 bits per heavy atom. The van der Waals surface area contributed by atoms with Crippen molar-refractivity contribution in [2.24, 2.45) is 0 Å². The highest BCUT2D eigenvalue weighted by atomic mass is 16.5. The number of aliphatic hydroxyl groups excluding tert-OH is 3. The molecule has 31 heavy (non-hydrogen) atoms. The average molecular weight is 422 g/mol. The van der Waals surface area contributed by atoms with Gasteiger partial charge >= 0.3 is 0 Å². The molecule has 0 saturated carbocycles. The van der Waals surface area contributed by atoms with Crippen molar-refractivity contribution in [2.75, 3.05) is 26.4 Å². The second-order valence-corrected chi connectivity index (χ2v) is 8.55. The molecule has 6 heteroatoms. The molecule has 0 unspecified atom stereocenters. The third kappa shape index (κ3) is 3.22. The van der Waals surface area contributed by atoms with Crippen molar-refractivity contribution in [2.45, 2.75) is 36.9 Å². The number of benzene rings is 2. The Labute approximate surface area is 180 Å². The van der Waals surface area contributed by atoms with E-state index in [0.717, 1.165) is 36.0 Å². The number of hydrogen-bond acceptors (Lipinski definition) is 6. The van der Waals surface area contributed by atoms with E-state index in [-0.39, 0.29) is 17.8 Å². The van der Waals surface area contributed by atoms with Crippen LogP contribution in [0.5, 0.6) is 5.75 Å². The Hall–Kier alpha value is -2.51. The van der Waals surface area contributed by atoms with Crippen LogP contribution in [0, 0.1) is 0 Å². The van der Waals surface area contributed by atoms with Crippen LogP contribution in [0.1, 0.15) is 39.9 Å². The van der Waals surface area contributed by atoms with Crippen LogP contribution < -0.4 is 4.74 Å². The summed E-state index contributed by atoms with van der Waals surface area (Å²) in [7, 11) is 0. The summed E-state index contributed by atoms with van der Waals surface area (Å²) in [4.78, 5) is 13.6. The number of ketones is 1. The van der Waals surface area contributed by atoms with Crippen molar-refractivity contribution in [1.29, 1.82) is 0 Å². The van der Waals surface area contributed by atoms with Crippen molar-refractivity contribution < 1.29 is 29.6 Å². The molecule has 2 aromatic rings. The summed E-state index contributed by atoms with van der Waals surface area (Å²) in [6.07, 6.45) is -0.0855. The van der Waals surface area contributed by atoms with E-state index < -0.39 is 18.8 Å². The van der Waals surface area contributed by atoms with Gasteiger partial charge in [0.2, 0.25) is 0 Å². The zero-order valence-electron chi connectivity index (χ0n) is 17.2. The van der Waals surface area contributed by atoms with Gasteiger partial charge in [0.25, 0.3) is 0 Å². The molecular weight excluding hydrogens is 396 g/mol. The quantitative estimate of drug-likeness (QED) is 0.683. The molecule has 3 aliphatic rings. The van der Waals surface area contributed by atoms with E-state index in [1.807, 2.05) is 30.3 Å². The minimum Gasteiger partial charge on any atom is -0.491 e. The fourth-order valence-electron chi connectivity index (χ4n) is 5.24. The molecule has 5 rings (SSSR count). The first-order valence-corrected chi connectivity index (χ1v) is 10.7. The maximum Gasteiger partial charge on any atom is 0.193 e. The SMILES string of the molecule is O=C1C2=C(Cc3ccccc32)C2(CCOCC2)c2cc(OC[C@@H](O)[C@H](O)CO)ccc21. The minimum absolute atomic E-state index is 0.0503. The van der Waals surface area contributed by atoms with E-state index in [1.54, 1.807) is 6.07 Å². The standard InChI is InChI=1S/C25H26O6/c26-13-21(27)22(28)14-31-16-5-6-18-19(12-16)25(7-9-30-10-8-25)20-11-15-3-1-2-4-17(15)23(20)24(18)29/h1-6,12,21-22,26-28H,7-11,13-14H2/t21-,22-/m1/s1. The molecule has 2 atom stereocenters. The summed E-state index contributed by atoms with van der Waals surface area (Å²) in [5.74, 6) is 0.579. The maximum atomic E-state index is 13.6. The number of Topliss-reactive ketones (excluding diaryl/α,β-unsaturated/α-hetero) is 1. The topological polar surface area (TPSA) is 96.2 Å². The van der Waals surface area contributed by atoms with Gasteiger partial charge in [0.1, 0.15) is 24.6 Å². The van der Waals surface area contributed by atoms with Gasteiger partial charge in [0, 0.05) is 29.8 Å². The van der Waals surface area contributed by atoms with Crippen LogP contribution in [0.2, 0.25) is 0 Å². The van der Waals surface area contributed by atoms with E-state index in [0.29, 0.717) is 24.5 Å². The molecule has 0 bridgehead atoms. The summed E-state index contributed by atoms with van der Waals surface area (Å²) in [5.41, 5.74) is 5.64. The normalized spacial score (nSPS) is 20.8. The Balaban J connectivity index is 1.56. The summed E-state index contributed by atoms with van der Waals surface area (Å²) >= 11 is 0. The highest BCUT2D eigenvalue weighted by Gasteiger charge is 2.48. The molecule has 0 amide bonds. The highest BCUT2D eigenvalue weighted by molar-refractivity contribution is 6.33. The minimum atomic E-state index is -1.26. The second-order valence-electron chi connectivity index (χ2n) is 8.55. The van der Waals surface area contributed by atoms with Crippen molar-refractivity contribution in [1.82, 2.24) is 0 Å². The number of aliphatic hydroxyl groups is 3. The number of ether oxygens (including phenoxy) is 2. The van der Waals surface area contributed by atoms with Crippen LogP contribution >= 0.6 is 0 Å². The molecule has 6 nitrogen and oxygen atoms in total. The van der Waals surface area contributed by atoms with Gasteiger partial charge in [-0.2, -0.15) is 0 Å². The Kier molecular flexibility index (Phi) is 5.18. The van der Waals surface area contributed by atoms with Gasteiger partial charge in [0.15, 0.2) is 5.78 Å². The summed E-state index contributed by atoms with van der Waals surface area (Å²) in [6.45, 7) is 0.578. The van der Waals surface area contributed by atoms with Crippen LogP contribution in [0.4, 0.5) is 0 Å². The highest BCUT2D eigenvalue weighted by Crippen LogP contribution is 2.54. The van der Waals surface area contributed by atoms with Crippen LogP contribution in [-0.2, 0) is 16.6 Å². The fourth-order valence-corrected chi connectivity index (χ4v) is 5.24. The van der Waals surface area contributed by atoms with Crippen molar-refractivity contribution in [3.8, 4) is 5.75 Å². The molecule has 1 fully saturated rings. The largest absolute Gasteiger partial charge is 0.491 e. The lowest BCUT2D eigenvalue weighted by Crippen LogP contribution is -2.40. The van der Waals surface area contributed by atoms with Crippen molar-refractivity contribution in [3.63, 3.8) is 0 Å². The average Bonchev–Trinajstić information content (AvgIpc) is 3.22. The van der Waals surface area contributed by atoms with Crippen LogP contribution in [0.25, 0.3) is 5.57 Å². The predicted molar refractivity (Wildman–Crippen MR) is 114 cm³/mol. The molecule has 1 spiro atoms. The van der Waals surface area contributed by atoms with Gasteiger partial charge in [-0.3, -0.25) is 4.79 Å². The first-order chi connectivity index (χ1) is 15.0. The molecule has 3 N–H and O–H groups in total. The number of carbonyl (C=O) groups excluding carboxylic acids is 1. The number of fused-ring (bicyclic) bond motifs is 5. The van der Waals surface area contributed by atoms with Crippen LogP contribution in [-0.4, -0.2) is 59.7 Å². The number of hydrogen-bond donors (Lipinski definition) is 3.